The first kappa shape index (κ1) is 7.76. The van der Waals surface area contributed by atoms with E-state index in [9.17, 15) is 5.11 Å². The lowest BCUT2D eigenvalue weighted by Crippen LogP contribution is -2.39. The predicted molar refractivity (Wildman–Crippen MR) is 41.6 cm³/mol. The van der Waals surface area contributed by atoms with Gasteiger partial charge in [-0.3, -0.25) is 0 Å². The van der Waals surface area contributed by atoms with Gasteiger partial charge in [0.2, 0.25) is 0 Å². The van der Waals surface area contributed by atoms with Crippen LogP contribution in [0.4, 0.5) is 0 Å². The van der Waals surface area contributed by atoms with Gasteiger partial charge in [0.15, 0.2) is 0 Å². The van der Waals surface area contributed by atoms with Crippen LogP contribution in [0, 0.1) is 0 Å². The average Bonchev–Trinajstić information content (AvgIpc) is 1.88. The molecular formula is C8H15NO. The van der Waals surface area contributed by atoms with Crippen LogP contribution in [0.5, 0.6) is 0 Å². The van der Waals surface area contributed by atoms with E-state index < -0.39 is 5.60 Å². The number of hydrogen-bond donors (Lipinski definition) is 2. The van der Waals surface area contributed by atoms with Crippen molar-refractivity contribution in [1.29, 1.82) is 0 Å². The second-order valence-corrected chi connectivity index (χ2v) is 3.16. The van der Waals surface area contributed by atoms with Crippen LogP contribution in [0.15, 0.2) is 12.7 Å². The highest BCUT2D eigenvalue weighted by Gasteiger charge is 2.29. The Balaban J connectivity index is 2.53. The van der Waals surface area contributed by atoms with Crippen molar-refractivity contribution in [1.82, 2.24) is 0 Å². The smallest absolute Gasteiger partial charge is 0.0839 e. The zero-order valence-corrected chi connectivity index (χ0v) is 6.21. The van der Waals surface area contributed by atoms with Crippen LogP contribution in [0.1, 0.15) is 25.7 Å². The van der Waals surface area contributed by atoms with Gasteiger partial charge in [-0.25, -0.2) is 0 Å². The summed E-state index contributed by atoms with van der Waals surface area (Å²) in [6, 6.07) is 0.164. The van der Waals surface area contributed by atoms with Gasteiger partial charge in [-0.15, -0.1) is 6.58 Å². The Morgan fingerprint density at radius 3 is 2.80 bits per heavy atom. The molecule has 3 N–H and O–H groups in total. The zero-order valence-electron chi connectivity index (χ0n) is 6.21. The van der Waals surface area contributed by atoms with Gasteiger partial charge in [0.25, 0.3) is 0 Å². The summed E-state index contributed by atoms with van der Waals surface area (Å²) in [6.45, 7) is 3.58. The lowest BCUT2D eigenvalue weighted by molar-refractivity contribution is 0.0441. The van der Waals surface area contributed by atoms with E-state index in [0.717, 1.165) is 19.3 Å². The molecule has 0 aromatic rings. The molecular weight excluding hydrogens is 126 g/mol. The molecule has 2 unspecified atom stereocenters. The summed E-state index contributed by atoms with van der Waals surface area (Å²) >= 11 is 0. The first-order valence-corrected chi connectivity index (χ1v) is 3.78. The molecule has 0 aromatic heterocycles. The molecule has 0 bridgehead atoms. The van der Waals surface area contributed by atoms with Gasteiger partial charge < -0.3 is 10.8 Å². The molecule has 0 radical (unpaired) electrons. The summed E-state index contributed by atoms with van der Waals surface area (Å²) in [5.41, 5.74) is 5.01. The van der Waals surface area contributed by atoms with Crippen molar-refractivity contribution in [3.8, 4) is 0 Å². The Morgan fingerprint density at radius 2 is 2.40 bits per heavy atom. The highest BCUT2D eigenvalue weighted by Crippen LogP contribution is 2.27. The average molecular weight is 141 g/mol. The van der Waals surface area contributed by atoms with E-state index in [-0.39, 0.29) is 6.04 Å². The van der Waals surface area contributed by atoms with E-state index >= 15 is 0 Å². The number of hydrogen-bond acceptors (Lipinski definition) is 2. The lowest BCUT2D eigenvalue weighted by atomic mass is 9.82. The van der Waals surface area contributed by atoms with Gasteiger partial charge in [-0.1, -0.05) is 6.08 Å². The standard InChI is InChI=1S/C8H15NO/c1-2-8(10)5-3-4-7(9)6-8/h2,7,10H,1,3-6,9H2. The highest BCUT2D eigenvalue weighted by molar-refractivity contribution is 5.00. The maximum Gasteiger partial charge on any atom is 0.0839 e. The molecule has 0 amide bonds. The van der Waals surface area contributed by atoms with Crippen LogP contribution < -0.4 is 5.73 Å². The third kappa shape index (κ3) is 1.58. The molecule has 58 valence electrons. The molecule has 1 rings (SSSR count). The minimum atomic E-state index is -0.669. The second-order valence-electron chi connectivity index (χ2n) is 3.16. The molecule has 2 atom stereocenters. The van der Waals surface area contributed by atoms with Crippen molar-refractivity contribution in [2.45, 2.75) is 37.3 Å². The van der Waals surface area contributed by atoms with E-state index in [2.05, 4.69) is 6.58 Å². The molecule has 1 fully saturated rings. The fourth-order valence-corrected chi connectivity index (χ4v) is 1.51. The van der Waals surface area contributed by atoms with E-state index in [1.807, 2.05) is 0 Å². The van der Waals surface area contributed by atoms with E-state index in [1.54, 1.807) is 6.08 Å². The molecule has 1 saturated carbocycles. The summed E-state index contributed by atoms with van der Waals surface area (Å²) in [6.07, 6.45) is 5.17. The van der Waals surface area contributed by atoms with Crippen molar-refractivity contribution in [2.75, 3.05) is 0 Å². The third-order valence-corrected chi connectivity index (χ3v) is 2.18. The first-order chi connectivity index (χ1) is 4.66. The Kier molecular flexibility index (Phi) is 2.11. The zero-order chi connectivity index (χ0) is 7.61. The lowest BCUT2D eigenvalue weighted by Gasteiger charge is -2.32. The second kappa shape index (κ2) is 2.72. The minimum absolute atomic E-state index is 0.164. The SMILES string of the molecule is C=CC1(O)CCCC(N)C1. The van der Waals surface area contributed by atoms with Crippen molar-refractivity contribution in [2.24, 2.45) is 5.73 Å². The van der Waals surface area contributed by atoms with E-state index in [1.165, 1.54) is 0 Å². The van der Waals surface area contributed by atoms with Crippen molar-refractivity contribution >= 4 is 0 Å². The topological polar surface area (TPSA) is 46.2 Å². The normalized spacial score (nSPS) is 41.2. The van der Waals surface area contributed by atoms with Crippen LogP contribution in [0.3, 0.4) is 0 Å². The molecule has 0 saturated heterocycles. The summed E-state index contributed by atoms with van der Waals surface area (Å²) in [4.78, 5) is 0. The van der Waals surface area contributed by atoms with Gasteiger partial charge in [-0.2, -0.15) is 0 Å². The minimum Gasteiger partial charge on any atom is -0.386 e. The number of aliphatic hydroxyl groups is 1. The fraction of sp³-hybridized carbons (Fsp3) is 0.750. The Hall–Kier alpha value is -0.340. The summed E-state index contributed by atoms with van der Waals surface area (Å²) in [7, 11) is 0. The summed E-state index contributed by atoms with van der Waals surface area (Å²) in [5.74, 6) is 0. The Bertz CT molecular complexity index is 135. The molecule has 0 spiro atoms. The summed E-state index contributed by atoms with van der Waals surface area (Å²) < 4.78 is 0. The monoisotopic (exact) mass is 141 g/mol. The van der Waals surface area contributed by atoms with Crippen LogP contribution in [-0.2, 0) is 0 Å². The first-order valence-electron chi connectivity index (χ1n) is 3.78. The van der Waals surface area contributed by atoms with Gasteiger partial charge >= 0.3 is 0 Å². The van der Waals surface area contributed by atoms with Crippen LogP contribution in [-0.4, -0.2) is 16.7 Å². The van der Waals surface area contributed by atoms with Gasteiger partial charge in [0.05, 0.1) is 5.60 Å². The Labute approximate surface area is 61.7 Å². The fourth-order valence-electron chi connectivity index (χ4n) is 1.51. The predicted octanol–water partition coefficient (Wildman–Crippen LogP) is 0.805. The van der Waals surface area contributed by atoms with E-state index in [4.69, 9.17) is 5.73 Å². The third-order valence-electron chi connectivity index (χ3n) is 2.18. The number of rotatable bonds is 1. The molecule has 1 aliphatic carbocycles. The highest BCUT2D eigenvalue weighted by atomic mass is 16.3. The van der Waals surface area contributed by atoms with Gasteiger partial charge in [0.1, 0.15) is 0 Å². The van der Waals surface area contributed by atoms with Crippen LogP contribution in [0.2, 0.25) is 0 Å². The largest absolute Gasteiger partial charge is 0.386 e. The van der Waals surface area contributed by atoms with Crippen LogP contribution in [0.25, 0.3) is 0 Å². The molecule has 1 aliphatic rings. The Morgan fingerprint density at radius 1 is 1.70 bits per heavy atom. The molecule has 0 heterocycles. The maximum atomic E-state index is 9.65. The molecule has 2 nitrogen and oxygen atoms in total. The molecule has 0 aromatic carbocycles. The van der Waals surface area contributed by atoms with Gasteiger partial charge in [0, 0.05) is 6.04 Å². The van der Waals surface area contributed by atoms with Crippen molar-refractivity contribution in [3.63, 3.8) is 0 Å². The quantitative estimate of drug-likeness (QED) is 0.531. The molecule has 2 heteroatoms. The van der Waals surface area contributed by atoms with Crippen molar-refractivity contribution < 1.29 is 5.11 Å². The summed E-state index contributed by atoms with van der Waals surface area (Å²) in [5, 5.41) is 9.65. The van der Waals surface area contributed by atoms with Gasteiger partial charge in [-0.05, 0) is 25.7 Å². The van der Waals surface area contributed by atoms with Crippen molar-refractivity contribution in [3.05, 3.63) is 12.7 Å². The maximum absolute atomic E-state index is 9.65. The van der Waals surface area contributed by atoms with E-state index in [0.29, 0.717) is 6.42 Å². The van der Waals surface area contributed by atoms with Crippen LogP contribution >= 0.6 is 0 Å². The molecule has 0 aliphatic heterocycles. The molecule has 10 heavy (non-hydrogen) atoms. The number of nitrogens with two attached hydrogens (primary N) is 1.